The van der Waals surface area contributed by atoms with Gasteiger partial charge in [-0.15, -0.1) is 0 Å². The van der Waals surface area contributed by atoms with Gasteiger partial charge in [0.25, 0.3) is 0 Å². The predicted molar refractivity (Wildman–Crippen MR) is 77.9 cm³/mol. The van der Waals surface area contributed by atoms with Gasteiger partial charge in [0.2, 0.25) is 0 Å². The third kappa shape index (κ3) is 2.84. The molecule has 5 N–H and O–H groups in total. The van der Waals surface area contributed by atoms with Gasteiger partial charge in [-0.3, -0.25) is 4.79 Å². The van der Waals surface area contributed by atoms with Gasteiger partial charge in [0.15, 0.2) is 16.9 Å². The first kappa shape index (κ1) is 13.8. The lowest BCUT2D eigenvalue weighted by molar-refractivity contribution is -0.116. The van der Waals surface area contributed by atoms with Crippen LogP contribution in [-0.4, -0.2) is 14.5 Å². The maximum atomic E-state index is 11.8. The van der Waals surface area contributed by atoms with Crippen LogP contribution in [0.25, 0.3) is 0 Å². The molecule has 2 aliphatic rings. The molecule has 21 heavy (non-hydrogen) atoms. The number of hydrogen-bond donors (Lipinski definition) is 4. The van der Waals surface area contributed by atoms with Gasteiger partial charge < -0.3 is 20.9 Å². The van der Waals surface area contributed by atoms with E-state index in [4.69, 9.17) is 10.3 Å². The fourth-order valence-electron chi connectivity index (χ4n) is 2.28. The molecule has 2 atom stereocenters. The second kappa shape index (κ2) is 5.34. The highest BCUT2D eigenvalue weighted by atomic mass is 32.2. The Hall–Kier alpha value is -2.12. The van der Waals surface area contributed by atoms with E-state index < -0.39 is 11.1 Å². The van der Waals surface area contributed by atoms with E-state index >= 15 is 0 Å². The number of allylic oxidation sites excluding steroid dienone is 2. The lowest BCUT2D eigenvalue weighted by Gasteiger charge is -2.10. The van der Waals surface area contributed by atoms with Crippen molar-refractivity contribution in [3.63, 3.8) is 0 Å². The molecule has 0 bridgehead atoms. The van der Waals surface area contributed by atoms with E-state index in [1.807, 2.05) is 0 Å². The zero-order valence-corrected chi connectivity index (χ0v) is 11.9. The Kier molecular flexibility index (Phi) is 3.52. The Labute approximate surface area is 124 Å². The van der Waals surface area contributed by atoms with Crippen LogP contribution in [-0.2, 0) is 22.4 Å². The number of benzene rings is 1. The van der Waals surface area contributed by atoms with Crippen LogP contribution in [0.2, 0.25) is 0 Å². The summed E-state index contributed by atoms with van der Waals surface area (Å²) >= 11 is -1.96. The van der Waals surface area contributed by atoms with Gasteiger partial charge in [0.05, 0.1) is 16.5 Å². The monoisotopic (exact) mass is 305 g/mol. The van der Waals surface area contributed by atoms with Crippen LogP contribution in [0.4, 0.5) is 0 Å². The van der Waals surface area contributed by atoms with Crippen LogP contribution in [0.15, 0.2) is 52.5 Å². The minimum Gasteiger partial charge on any atom is -0.395 e. The van der Waals surface area contributed by atoms with Crippen molar-refractivity contribution in [2.24, 2.45) is 11.7 Å². The van der Waals surface area contributed by atoms with Gasteiger partial charge in [-0.1, -0.05) is 12.1 Å². The predicted octanol–water partition coefficient (Wildman–Crippen LogP) is 0.561. The van der Waals surface area contributed by atoms with Gasteiger partial charge in [-0.05, 0) is 29.7 Å². The summed E-state index contributed by atoms with van der Waals surface area (Å²) in [5.41, 5.74) is 7.93. The number of nitrogens with two attached hydrogens (primary N) is 1. The normalized spacial score (nSPS) is 21.9. The second-order valence-electron chi connectivity index (χ2n) is 5.01. The van der Waals surface area contributed by atoms with Crippen LogP contribution < -0.4 is 16.4 Å². The summed E-state index contributed by atoms with van der Waals surface area (Å²) in [4.78, 5) is 12.1. The van der Waals surface area contributed by atoms with Crippen molar-refractivity contribution in [2.75, 3.05) is 0 Å². The number of Topliss-reactive ketones (excluding diaryl/α,β-unsaturated/α-hetero) is 1. The molecule has 0 spiro atoms. The number of rotatable bonds is 4. The zero-order valence-electron chi connectivity index (χ0n) is 11.1. The Balaban J connectivity index is 1.67. The van der Waals surface area contributed by atoms with Crippen LogP contribution in [0, 0.1) is 5.92 Å². The highest BCUT2D eigenvalue weighted by Gasteiger charge is 2.41. The van der Waals surface area contributed by atoms with Crippen LogP contribution in [0.5, 0.6) is 0 Å². The number of fused-ring (bicyclic) bond motifs is 1. The minimum absolute atomic E-state index is 0.0240. The maximum Gasteiger partial charge on any atom is 0.187 e. The average molecular weight is 305 g/mol. The van der Waals surface area contributed by atoms with Gasteiger partial charge in [0.1, 0.15) is 5.82 Å². The molecule has 0 aromatic heterocycles. The summed E-state index contributed by atoms with van der Waals surface area (Å²) in [7, 11) is 0. The molecule has 0 saturated heterocycles. The molecule has 1 aromatic rings. The van der Waals surface area contributed by atoms with E-state index in [2.05, 4.69) is 10.6 Å². The van der Waals surface area contributed by atoms with Crippen molar-refractivity contribution in [1.82, 2.24) is 10.6 Å². The molecule has 1 aliphatic heterocycles. The number of ketones is 1. The molecule has 1 aromatic carbocycles. The zero-order chi connectivity index (χ0) is 15.0. The first-order valence-electron chi connectivity index (χ1n) is 6.49. The highest BCUT2D eigenvalue weighted by molar-refractivity contribution is 7.79. The summed E-state index contributed by atoms with van der Waals surface area (Å²) in [5, 5.41) is 6.26. The van der Waals surface area contributed by atoms with Crippen LogP contribution in [0.1, 0.15) is 12.0 Å². The van der Waals surface area contributed by atoms with Gasteiger partial charge in [0, 0.05) is 12.7 Å². The SMILES string of the molecule is NC1=CNC(NCc2ccc(S(=O)O)cc2)=C2CC2C1=O. The fraction of sp³-hybridized carbons (Fsp3) is 0.214. The first-order valence-corrected chi connectivity index (χ1v) is 7.60. The van der Waals surface area contributed by atoms with Gasteiger partial charge in [-0.25, -0.2) is 4.21 Å². The molecule has 0 radical (unpaired) electrons. The van der Waals surface area contributed by atoms with Gasteiger partial charge >= 0.3 is 0 Å². The number of carbonyl (C=O) groups is 1. The van der Waals surface area contributed by atoms with Crippen LogP contribution in [0.3, 0.4) is 0 Å². The third-order valence-electron chi connectivity index (χ3n) is 3.57. The summed E-state index contributed by atoms with van der Waals surface area (Å²) in [6.07, 6.45) is 2.26. The van der Waals surface area contributed by atoms with Crippen molar-refractivity contribution in [3.8, 4) is 0 Å². The van der Waals surface area contributed by atoms with E-state index in [9.17, 15) is 9.00 Å². The molecule has 1 fully saturated rings. The fourth-order valence-corrected chi connectivity index (χ4v) is 2.65. The maximum absolute atomic E-state index is 11.8. The quantitative estimate of drug-likeness (QED) is 0.606. The van der Waals surface area contributed by atoms with E-state index in [0.29, 0.717) is 11.4 Å². The molecule has 7 heteroatoms. The summed E-state index contributed by atoms with van der Waals surface area (Å²) in [6.45, 7) is 0.554. The van der Waals surface area contributed by atoms with E-state index in [1.54, 1.807) is 24.3 Å². The topological polar surface area (TPSA) is 104 Å². The van der Waals surface area contributed by atoms with Crippen molar-refractivity contribution in [1.29, 1.82) is 0 Å². The average Bonchev–Trinajstić information content (AvgIpc) is 3.27. The lowest BCUT2D eigenvalue weighted by Crippen LogP contribution is -2.23. The number of nitrogens with one attached hydrogen (secondary N) is 2. The van der Waals surface area contributed by atoms with Crippen molar-refractivity contribution in [2.45, 2.75) is 17.9 Å². The Bertz CT molecular complexity index is 679. The molecule has 1 aliphatic carbocycles. The Morgan fingerprint density at radius 1 is 1.38 bits per heavy atom. The van der Waals surface area contributed by atoms with E-state index in [0.717, 1.165) is 23.4 Å². The smallest absolute Gasteiger partial charge is 0.187 e. The number of hydrogen-bond acceptors (Lipinski definition) is 5. The second-order valence-corrected chi connectivity index (χ2v) is 5.98. The Morgan fingerprint density at radius 2 is 2.10 bits per heavy atom. The van der Waals surface area contributed by atoms with E-state index in [-0.39, 0.29) is 17.4 Å². The van der Waals surface area contributed by atoms with Gasteiger partial charge in [-0.2, -0.15) is 0 Å². The van der Waals surface area contributed by atoms with Crippen LogP contribution >= 0.6 is 0 Å². The third-order valence-corrected chi connectivity index (χ3v) is 4.25. The molecule has 110 valence electrons. The molecule has 3 rings (SSSR count). The molecular formula is C14H15N3O3S. The van der Waals surface area contributed by atoms with Crippen molar-refractivity contribution in [3.05, 3.63) is 53.1 Å². The molecule has 2 unspecified atom stereocenters. The lowest BCUT2D eigenvalue weighted by atomic mass is 10.2. The van der Waals surface area contributed by atoms with Crippen molar-refractivity contribution >= 4 is 16.9 Å². The molecule has 0 amide bonds. The first-order chi connectivity index (χ1) is 10.1. The Morgan fingerprint density at radius 3 is 2.76 bits per heavy atom. The largest absolute Gasteiger partial charge is 0.395 e. The summed E-state index contributed by atoms with van der Waals surface area (Å²) in [5.74, 6) is 0.714. The molecule has 6 nitrogen and oxygen atoms in total. The standard InChI is InChI=1S/C14H15N3O3S/c15-12-7-17-14(11-5-10(11)13(12)18)16-6-8-1-3-9(4-2-8)21(19)20/h1-4,7,10,16-17H,5-6,15H2,(H,19,20). The molecule has 1 saturated carbocycles. The van der Waals surface area contributed by atoms with E-state index in [1.165, 1.54) is 6.20 Å². The highest BCUT2D eigenvalue weighted by Crippen LogP contribution is 2.41. The van der Waals surface area contributed by atoms with Crippen molar-refractivity contribution < 1.29 is 13.6 Å². The number of carbonyl (C=O) groups excluding carboxylic acids is 1. The summed E-state index contributed by atoms with van der Waals surface area (Å²) in [6, 6.07) is 6.82. The molecule has 1 heterocycles. The molecular weight excluding hydrogens is 290 g/mol. The minimum atomic E-state index is -1.96. The summed E-state index contributed by atoms with van der Waals surface area (Å²) < 4.78 is 19.9.